The van der Waals surface area contributed by atoms with Gasteiger partial charge >= 0.3 is 5.97 Å². The van der Waals surface area contributed by atoms with Crippen LogP contribution in [-0.4, -0.2) is 28.8 Å². The first kappa shape index (κ1) is 13.5. The van der Waals surface area contributed by atoms with Gasteiger partial charge < -0.3 is 16.2 Å². The Balaban J connectivity index is 2.82. The van der Waals surface area contributed by atoms with Crippen LogP contribution in [0.3, 0.4) is 0 Å². The van der Waals surface area contributed by atoms with Crippen LogP contribution in [0.15, 0.2) is 30.3 Å². The molecule has 2 atom stereocenters. The summed E-state index contributed by atoms with van der Waals surface area (Å²) in [5.41, 5.74) is 5.96. The van der Waals surface area contributed by atoms with Gasteiger partial charge in [0.15, 0.2) is 6.04 Å². The highest BCUT2D eigenvalue weighted by molar-refractivity contribution is 7.80. The van der Waals surface area contributed by atoms with E-state index in [0.717, 1.165) is 0 Å². The average Bonchev–Trinajstić information content (AvgIpc) is 2.35. The molecule has 4 N–H and O–H groups in total. The number of hydrogen-bond acceptors (Lipinski definition) is 4. The third kappa shape index (κ3) is 3.76. The number of amides is 1. The second-order valence-electron chi connectivity index (χ2n) is 3.48. The van der Waals surface area contributed by atoms with Gasteiger partial charge in [-0.2, -0.15) is 12.6 Å². The molecule has 0 aromatic heterocycles. The number of rotatable bonds is 5. The molecule has 1 aromatic carbocycles. The van der Waals surface area contributed by atoms with E-state index in [0.29, 0.717) is 5.56 Å². The minimum atomic E-state index is -1.13. The predicted molar refractivity (Wildman–Crippen MR) is 66.8 cm³/mol. The van der Waals surface area contributed by atoms with Crippen molar-refractivity contribution < 1.29 is 14.7 Å². The Labute approximate surface area is 104 Å². The summed E-state index contributed by atoms with van der Waals surface area (Å²) in [6.45, 7) is 0. The zero-order valence-electron chi connectivity index (χ0n) is 9.04. The van der Waals surface area contributed by atoms with E-state index < -0.39 is 24.0 Å². The molecule has 0 saturated carbocycles. The number of carboxylic acids is 1. The van der Waals surface area contributed by atoms with E-state index in [-0.39, 0.29) is 5.75 Å². The van der Waals surface area contributed by atoms with Gasteiger partial charge in [0.2, 0.25) is 5.91 Å². The first-order valence-electron chi connectivity index (χ1n) is 5.01. The summed E-state index contributed by atoms with van der Waals surface area (Å²) in [4.78, 5) is 22.6. The molecule has 0 unspecified atom stereocenters. The highest BCUT2D eigenvalue weighted by Crippen LogP contribution is 2.12. The minimum Gasteiger partial charge on any atom is -0.479 e. The molecule has 17 heavy (non-hydrogen) atoms. The molecule has 0 fully saturated rings. The van der Waals surface area contributed by atoms with Gasteiger partial charge in [-0.3, -0.25) is 4.79 Å². The van der Waals surface area contributed by atoms with Gasteiger partial charge in [0, 0.05) is 5.75 Å². The largest absolute Gasteiger partial charge is 0.479 e. The molecule has 0 aliphatic rings. The quantitative estimate of drug-likeness (QED) is 0.564. The monoisotopic (exact) mass is 254 g/mol. The van der Waals surface area contributed by atoms with E-state index in [2.05, 4.69) is 17.9 Å². The molecule has 0 bridgehead atoms. The zero-order valence-corrected chi connectivity index (χ0v) is 9.93. The summed E-state index contributed by atoms with van der Waals surface area (Å²) in [6.07, 6.45) is 0. The predicted octanol–water partition coefficient (Wildman–Crippen LogP) is 0.186. The van der Waals surface area contributed by atoms with E-state index in [1.54, 1.807) is 30.3 Å². The van der Waals surface area contributed by atoms with Crippen LogP contribution in [0.5, 0.6) is 0 Å². The van der Waals surface area contributed by atoms with Crippen molar-refractivity contribution in [1.29, 1.82) is 0 Å². The number of hydrogen-bond donors (Lipinski definition) is 4. The topological polar surface area (TPSA) is 92.4 Å². The molecule has 0 spiro atoms. The second kappa shape index (κ2) is 6.27. The molecule has 1 rings (SSSR count). The maximum Gasteiger partial charge on any atom is 0.330 e. The number of nitrogens with two attached hydrogens (primary N) is 1. The van der Waals surface area contributed by atoms with Gasteiger partial charge in [-0.1, -0.05) is 30.3 Å². The van der Waals surface area contributed by atoms with Crippen molar-refractivity contribution in [3.05, 3.63) is 35.9 Å². The Morgan fingerprint density at radius 3 is 2.41 bits per heavy atom. The van der Waals surface area contributed by atoms with Crippen LogP contribution in [-0.2, 0) is 9.59 Å². The zero-order chi connectivity index (χ0) is 12.8. The average molecular weight is 254 g/mol. The number of carbonyl (C=O) groups excluding carboxylic acids is 1. The lowest BCUT2D eigenvalue weighted by Crippen LogP contribution is -2.45. The van der Waals surface area contributed by atoms with E-state index in [1.165, 1.54) is 0 Å². The Morgan fingerprint density at radius 2 is 1.94 bits per heavy atom. The van der Waals surface area contributed by atoms with Gasteiger partial charge in [0.1, 0.15) is 0 Å². The number of carboxylic acid groups (broad SMARTS) is 1. The number of carbonyl (C=O) groups is 2. The molecule has 1 aromatic rings. The third-order valence-electron chi connectivity index (χ3n) is 2.20. The number of nitrogens with one attached hydrogen (secondary N) is 1. The first-order chi connectivity index (χ1) is 8.06. The van der Waals surface area contributed by atoms with Gasteiger partial charge in [-0.05, 0) is 5.56 Å². The van der Waals surface area contributed by atoms with Crippen molar-refractivity contribution in [2.24, 2.45) is 5.73 Å². The van der Waals surface area contributed by atoms with E-state index in [9.17, 15) is 9.59 Å². The van der Waals surface area contributed by atoms with E-state index in [4.69, 9.17) is 10.8 Å². The highest BCUT2D eigenvalue weighted by atomic mass is 32.1. The summed E-state index contributed by atoms with van der Waals surface area (Å²) in [5.74, 6) is -1.50. The molecule has 0 aliphatic heterocycles. The van der Waals surface area contributed by atoms with Crippen molar-refractivity contribution in [2.45, 2.75) is 12.1 Å². The molecule has 92 valence electrons. The van der Waals surface area contributed by atoms with E-state index in [1.807, 2.05) is 0 Å². The fourth-order valence-corrected chi connectivity index (χ4v) is 1.43. The fraction of sp³-hybridized carbons (Fsp3) is 0.273. The van der Waals surface area contributed by atoms with E-state index >= 15 is 0 Å². The van der Waals surface area contributed by atoms with Crippen LogP contribution in [0.4, 0.5) is 0 Å². The highest BCUT2D eigenvalue weighted by Gasteiger charge is 2.23. The van der Waals surface area contributed by atoms with Gasteiger partial charge in [0.25, 0.3) is 0 Å². The van der Waals surface area contributed by atoms with Crippen LogP contribution in [0.1, 0.15) is 11.6 Å². The molecular weight excluding hydrogens is 240 g/mol. The summed E-state index contributed by atoms with van der Waals surface area (Å²) in [7, 11) is 0. The van der Waals surface area contributed by atoms with Crippen molar-refractivity contribution >= 4 is 24.5 Å². The Kier molecular flexibility index (Phi) is 4.99. The summed E-state index contributed by atoms with van der Waals surface area (Å²) in [6, 6.07) is 6.53. The van der Waals surface area contributed by atoms with Crippen molar-refractivity contribution in [3.63, 3.8) is 0 Å². The summed E-state index contributed by atoms with van der Waals surface area (Å²) < 4.78 is 0. The summed E-state index contributed by atoms with van der Waals surface area (Å²) in [5, 5.41) is 11.4. The SMILES string of the molecule is N[C@@H](CS)C(=O)N[C@@H](C(=O)O)c1ccccc1. The fourth-order valence-electron chi connectivity index (χ4n) is 1.27. The van der Waals surface area contributed by atoms with Crippen LogP contribution in [0.25, 0.3) is 0 Å². The molecule has 0 saturated heterocycles. The maximum atomic E-state index is 11.5. The third-order valence-corrected chi connectivity index (χ3v) is 2.59. The molecule has 0 aliphatic carbocycles. The molecule has 5 nitrogen and oxygen atoms in total. The summed E-state index contributed by atoms with van der Waals surface area (Å²) >= 11 is 3.88. The standard InChI is InChI=1S/C11H14N2O3S/c12-8(6-17)10(14)13-9(11(15)16)7-4-2-1-3-5-7/h1-5,8-9,17H,6,12H2,(H,13,14)(H,15,16)/t8-,9+/m0/s1. The number of thiol groups is 1. The first-order valence-corrected chi connectivity index (χ1v) is 5.64. The normalized spacial score (nSPS) is 13.8. The van der Waals surface area contributed by atoms with Gasteiger partial charge in [0.05, 0.1) is 6.04 Å². The van der Waals surface area contributed by atoms with Crippen LogP contribution < -0.4 is 11.1 Å². The minimum absolute atomic E-state index is 0.160. The van der Waals surface area contributed by atoms with Crippen molar-refractivity contribution in [3.8, 4) is 0 Å². The second-order valence-corrected chi connectivity index (χ2v) is 3.84. The Morgan fingerprint density at radius 1 is 1.35 bits per heavy atom. The maximum absolute atomic E-state index is 11.5. The Bertz CT molecular complexity index is 397. The molecule has 0 heterocycles. The smallest absolute Gasteiger partial charge is 0.330 e. The lowest BCUT2D eigenvalue weighted by molar-refractivity contribution is -0.142. The molecule has 0 radical (unpaired) electrons. The lowest BCUT2D eigenvalue weighted by atomic mass is 10.1. The van der Waals surface area contributed by atoms with Crippen LogP contribution in [0, 0.1) is 0 Å². The van der Waals surface area contributed by atoms with Crippen molar-refractivity contribution in [2.75, 3.05) is 5.75 Å². The number of benzene rings is 1. The van der Waals surface area contributed by atoms with Crippen LogP contribution >= 0.6 is 12.6 Å². The van der Waals surface area contributed by atoms with Crippen LogP contribution in [0.2, 0.25) is 0 Å². The molecule has 6 heteroatoms. The lowest BCUT2D eigenvalue weighted by Gasteiger charge is -2.17. The molecule has 1 amide bonds. The van der Waals surface area contributed by atoms with Gasteiger partial charge in [-0.15, -0.1) is 0 Å². The van der Waals surface area contributed by atoms with Crippen molar-refractivity contribution in [1.82, 2.24) is 5.32 Å². The van der Waals surface area contributed by atoms with Gasteiger partial charge in [-0.25, -0.2) is 4.79 Å². The number of aliphatic carboxylic acids is 1. The molecular formula is C11H14N2O3S. The Hall–Kier alpha value is -1.53.